The van der Waals surface area contributed by atoms with Gasteiger partial charge in [0, 0.05) is 16.7 Å². The van der Waals surface area contributed by atoms with Gasteiger partial charge in [-0.05, 0) is 62.3 Å². The molecule has 138 valence electrons. The number of carbonyl (C=O) groups is 3. The molecule has 0 atom stereocenters. The van der Waals surface area contributed by atoms with Crippen molar-refractivity contribution >= 4 is 32.5 Å². The highest BCUT2D eigenvalue weighted by atomic mass is 27.3. The maximum absolute atomic E-state index is 11.5. The van der Waals surface area contributed by atoms with Crippen molar-refractivity contribution in [3.05, 3.63) is 34.0 Å². The molecule has 0 radical (unpaired) electrons. The fraction of sp³-hybridized carbons (Fsp3) is 0.500. The normalized spacial score (nSPS) is 13.8. The second kappa shape index (κ2) is 10.2. The predicted molar refractivity (Wildman–Crippen MR) is 96.2 cm³/mol. The van der Waals surface area contributed by atoms with Crippen LogP contribution in [0.2, 0.25) is 0 Å². The molecule has 25 heavy (non-hydrogen) atoms. The Morgan fingerprint density at radius 1 is 0.480 bits per heavy atom. The van der Waals surface area contributed by atoms with E-state index in [2.05, 4.69) is 0 Å². The molecule has 0 aromatic heterocycles. The zero-order valence-corrected chi connectivity index (χ0v) is 17.7. The van der Waals surface area contributed by atoms with Crippen LogP contribution in [-0.2, 0) is 25.7 Å². The van der Waals surface area contributed by atoms with Gasteiger partial charge in [-0.3, -0.25) is 14.4 Å². The molecule has 0 fully saturated rings. The SMILES string of the molecule is CC(=O)/C(C)=C(/C)[O][Al]([O]/C(C)=C(/C)C(C)=O)[O]/C(C)=C(/C)C(C)=O. The first-order chi connectivity index (χ1) is 11.4. The van der Waals surface area contributed by atoms with Gasteiger partial charge in [0.15, 0.2) is 17.3 Å². The largest absolute Gasteiger partial charge is 1.20 e. The molecule has 6 nitrogen and oxygen atoms in total. The van der Waals surface area contributed by atoms with Crippen molar-refractivity contribution in [3.63, 3.8) is 0 Å². The molecule has 0 saturated heterocycles. The third kappa shape index (κ3) is 7.72. The highest BCUT2D eigenvalue weighted by Gasteiger charge is 2.45. The molecule has 0 aliphatic heterocycles. The van der Waals surface area contributed by atoms with Crippen LogP contribution in [0.5, 0.6) is 0 Å². The van der Waals surface area contributed by atoms with Gasteiger partial charge in [0.1, 0.15) is 0 Å². The lowest BCUT2D eigenvalue weighted by molar-refractivity contribution is -0.114. The fourth-order valence-electron chi connectivity index (χ4n) is 1.51. The topological polar surface area (TPSA) is 78.9 Å². The van der Waals surface area contributed by atoms with E-state index in [0.29, 0.717) is 34.0 Å². The summed E-state index contributed by atoms with van der Waals surface area (Å²) in [5, 5.41) is 0. The van der Waals surface area contributed by atoms with Crippen LogP contribution in [0.25, 0.3) is 0 Å². The van der Waals surface area contributed by atoms with Crippen molar-refractivity contribution in [2.75, 3.05) is 0 Å². The molecule has 0 N–H and O–H groups in total. The number of carbonyl (C=O) groups excluding carboxylic acids is 3. The number of Topliss-reactive ketones (excluding diaryl/α,β-unsaturated/α-hetero) is 3. The van der Waals surface area contributed by atoms with Gasteiger partial charge in [-0.25, -0.2) is 0 Å². The lowest BCUT2D eigenvalue weighted by Crippen LogP contribution is -2.27. The summed E-state index contributed by atoms with van der Waals surface area (Å²) < 4.78 is 17.2. The van der Waals surface area contributed by atoms with E-state index >= 15 is 0 Å². The van der Waals surface area contributed by atoms with Crippen molar-refractivity contribution in [3.8, 4) is 0 Å². The van der Waals surface area contributed by atoms with E-state index in [1.165, 1.54) is 20.8 Å². The van der Waals surface area contributed by atoms with E-state index in [-0.39, 0.29) is 17.3 Å². The summed E-state index contributed by atoms with van der Waals surface area (Å²) in [7, 11) is 0. The number of allylic oxidation sites excluding steroid dienone is 6. The molecule has 0 aliphatic carbocycles. The van der Waals surface area contributed by atoms with E-state index in [9.17, 15) is 14.4 Å². The summed E-state index contributed by atoms with van der Waals surface area (Å²) in [4.78, 5) is 34.5. The number of hydrogen-bond donors (Lipinski definition) is 0. The molecule has 0 rings (SSSR count). The Labute approximate surface area is 154 Å². The highest BCUT2D eigenvalue weighted by molar-refractivity contribution is 6.37. The molecule has 0 amide bonds. The van der Waals surface area contributed by atoms with Gasteiger partial charge < -0.3 is 11.4 Å². The van der Waals surface area contributed by atoms with Gasteiger partial charge in [0.25, 0.3) is 0 Å². The fourth-order valence-corrected chi connectivity index (χ4v) is 3.05. The van der Waals surface area contributed by atoms with Crippen LogP contribution in [0.3, 0.4) is 0 Å². The highest BCUT2D eigenvalue weighted by Crippen LogP contribution is 2.17. The molecule has 0 aromatic rings. The monoisotopic (exact) mass is 366 g/mol. The summed E-state index contributed by atoms with van der Waals surface area (Å²) in [6.07, 6.45) is 0. The first-order valence-electron chi connectivity index (χ1n) is 7.93. The summed E-state index contributed by atoms with van der Waals surface area (Å²) in [5.74, 6) is 0.820. The maximum atomic E-state index is 11.5. The number of rotatable bonds is 9. The Balaban J connectivity index is 5.68. The van der Waals surface area contributed by atoms with Crippen LogP contribution >= 0.6 is 0 Å². The quantitative estimate of drug-likeness (QED) is 0.352. The van der Waals surface area contributed by atoms with Gasteiger partial charge in [0.2, 0.25) is 0 Å². The maximum Gasteiger partial charge on any atom is 1.20 e. The molecular formula is C18H27AlO6. The lowest BCUT2D eigenvalue weighted by Gasteiger charge is -2.19. The van der Waals surface area contributed by atoms with Gasteiger partial charge in [0.05, 0.1) is 17.3 Å². The van der Waals surface area contributed by atoms with E-state index in [0.717, 1.165) is 0 Å². The minimum absolute atomic E-state index is 0.121. The second-order valence-electron chi connectivity index (χ2n) is 5.85. The molecular weight excluding hydrogens is 339 g/mol. The molecule has 0 aromatic carbocycles. The zero-order chi connectivity index (χ0) is 19.9. The van der Waals surface area contributed by atoms with Crippen molar-refractivity contribution in [2.24, 2.45) is 0 Å². The molecule has 7 heteroatoms. The Morgan fingerprint density at radius 2 is 0.680 bits per heavy atom. The Hall–Kier alpha value is -1.84. The second-order valence-corrected chi connectivity index (χ2v) is 7.14. The van der Waals surface area contributed by atoms with E-state index in [4.69, 9.17) is 11.4 Å². The Morgan fingerprint density at radius 3 is 0.840 bits per heavy atom. The Kier molecular flexibility index (Phi) is 9.47. The molecule has 0 heterocycles. The van der Waals surface area contributed by atoms with Crippen LogP contribution < -0.4 is 0 Å². The van der Waals surface area contributed by atoms with E-state index < -0.39 is 15.1 Å². The molecule has 0 saturated carbocycles. The van der Waals surface area contributed by atoms with Gasteiger partial charge >= 0.3 is 15.1 Å². The summed E-state index contributed by atoms with van der Waals surface area (Å²) >= 11 is -2.83. The number of ketones is 3. The minimum Gasteiger partial charge on any atom is -0.580 e. The molecule has 0 aliphatic rings. The lowest BCUT2D eigenvalue weighted by atomic mass is 10.2. The molecule has 0 bridgehead atoms. The van der Waals surface area contributed by atoms with Crippen molar-refractivity contribution in [1.82, 2.24) is 0 Å². The van der Waals surface area contributed by atoms with Crippen molar-refractivity contribution in [1.29, 1.82) is 0 Å². The van der Waals surface area contributed by atoms with Crippen LogP contribution in [0.4, 0.5) is 0 Å². The van der Waals surface area contributed by atoms with Gasteiger partial charge in [-0.1, -0.05) is 0 Å². The predicted octanol–water partition coefficient (Wildman–Crippen LogP) is 3.67. The van der Waals surface area contributed by atoms with Gasteiger partial charge in [-0.15, -0.1) is 0 Å². The summed E-state index contributed by atoms with van der Waals surface area (Å²) in [5.41, 5.74) is 1.37. The van der Waals surface area contributed by atoms with Crippen LogP contribution in [0.1, 0.15) is 62.3 Å². The standard InChI is InChI=1S/3C6H10O2.Al/c3*1-4(5(2)7)6(3)8;/h3*7H,1-3H3;/q;;;+3/p-3/b3*5-4-;. The average Bonchev–Trinajstić information content (AvgIpc) is 2.51. The third-order valence-corrected chi connectivity index (χ3v) is 5.63. The van der Waals surface area contributed by atoms with Crippen molar-refractivity contribution < 1.29 is 25.7 Å². The van der Waals surface area contributed by atoms with E-state index in [1.807, 2.05) is 0 Å². The average molecular weight is 366 g/mol. The summed E-state index contributed by atoms with van der Waals surface area (Å²) in [6.45, 7) is 14.2. The van der Waals surface area contributed by atoms with Crippen LogP contribution in [0, 0.1) is 0 Å². The zero-order valence-electron chi connectivity index (χ0n) is 16.5. The Bertz CT molecular complexity index is 564. The van der Waals surface area contributed by atoms with Crippen LogP contribution in [-0.4, -0.2) is 32.5 Å². The summed E-state index contributed by atoms with van der Waals surface area (Å²) in [6, 6.07) is 0. The first kappa shape index (κ1) is 23.2. The van der Waals surface area contributed by atoms with E-state index in [1.54, 1.807) is 41.5 Å². The number of hydrogen-bond acceptors (Lipinski definition) is 6. The third-order valence-electron chi connectivity index (χ3n) is 3.99. The first-order valence-corrected chi connectivity index (χ1v) is 9.35. The molecule has 0 spiro atoms. The van der Waals surface area contributed by atoms with Gasteiger partial charge in [-0.2, -0.15) is 0 Å². The van der Waals surface area contributed by atoms with Crippen molar-refractivity contribution in [2.45, 2.75) is 62.3 Å². The minimum atomic E-state index is -2.83. The molecule has 0 unspecified atom stereocenters. The smallest absolute Gasteiger partial charge is 0.580 e. The van der Waals surface area contributed by atoms with Crippen LogP contribution in [0.15, 0.2) is 34.0 Å².